The van der Waals surface area contributed by atoms with Gasteiger partial charge in [-0.3, -0.25) is 0 Å². The van der Waals surface area contributed by atoms with E-state index in [0.717, 1.165) is 11.8 Å². The van der Waals surface area contributed by atoms with Gasteiger partial charge in [0.2, 0.25) is 0 Å². The van der Waals surface area contributed by atoms with Gasteiger partial charge in [-0.1, -0.05) is 80.2 Å². The summed E-state index contributed by atoms with van der Waals surface area (Å²) in [6, 6.07) is 0. The summed E-state index contributed by atoms with van der Waals surface area (Å²) in [6.07, 6.45) is 8.67. The van der Waals surface area contributed by atoms with Crippen LogP contribution in [0.25, 0.3) is 0 Å². The molecule has 0 aromatic heterocycles. The zero-order valence-electron chi connectivity index (χ0n) is 14.0. The van der Waals surface area contributed by atoms with Crippen molar-refractivity contribution in [2.75, 3.05) is 0 Å². The Morgan fingerprint density at radius 1 is 0.944 bits per heavy atom. The second kappa shape index (κ2) is 7.36. The van der Waals surface area contributed by atoms with Crippen molar-refractivity contribution in [1.82, 2.24) is 0 Å². The van der Waals surface area contributed by atoms with Crippen molar-refractivity contribution in [1.29, 1.82) is 0 Å². The Labute approximate surface area is 116 Å². The van der Waals surface area contributed by atoms with E-state index >= 15 is 0 Å². The van der Waals surface area contributed by atoms with E-state index < -0.39 is 0 Å². The van der Waals surface area contributed by atoms with Crippen LogP contribution in [0.5, 0.6) is 0 Å². The highest BCUT2D eigenvalue weighted by atomic mass is 14.4. The molecular formula is C18H36. The molecule has 0 heteroatoms. The summed E-state index contributed by atoms with van der Waals surface area (Å²) in [6.45, 7) is 20.6. The molecule has 0 aliphatic rings. The van der Waals surface area contributed by atoms with Crippen molar-refractivity contribution in [2.24, 2.45) is 22.7 Å². The average molecular weight is 252 g/mol. The smallest absolute Gasteiger partial charge is 0.0175 e. The molecule has 0 N–H and O–H groups in total. The lowest BCUT2D eigenvalue weighted by molar-refractivity contribution is 0.0724. The minimum atomic E-state index is 0.266. The minimum Gasteiger partial charge on any atom is -0.103 e. The van der Waals surface area contributed by atoms with Crippen LogP contribution in [0.1, 0.15) is 80.6 Å². The first-order valence-electron chi connectivity index (χ1n) is 7.88. The fourth-order valence-electron chi connectivity index (χ4n) is 3.44. The lowest BCUT2D eigenvalue weighted by atomic mass is 9.62. The average Bonchev–Trinajstić information content (AvgIpc) is 2.32. The third kappa shape index (κ3) is 4.78. The Bertz CT molecular complexity index is 234. The Balaban J connectivity index is 4.94. The molecule has 0 fully saturated rings. The summed E-state index contributed by atoms with van der Waals surface area (Å²) in [5.41, 5.74) is 0.711. The van der Waals surface area contributed by atoms with Crippen molar-refractivity contribution < 1.29 is 0 Å². The van der Waals surface area contributed by atoms with E-state index in [2.05, 4.69) is 61.1 Å². The van der Waals surface area contributed by atoms with Gasteiger partial charge in [0.25, 0.3) is 0 Å². The third-order valence-corrected chi connectivity index (χ3v) is 5.05. The second-order valence-corrected chi connectivity index (χ2v) is 7.22. The van der Waals surface area contributed by atoms with Crippen molar-refractivity contribution >= 4 is 0 Å². The van der Waals surface area contributed by atoms with E-state index in [1.54, 1.807) is 0 Å². The van der Waals surface area contributed by atoms with Crippen molar-refractivity contribution in [2.45, 2.75) is 80.6 Å². The Morgan fingerprint density at radius 2 is 1.44 bits per heavy atom. The Morgan fingerprint density at radius 3 is 1.78 bits per heavy atom. The highest BCUT2D eigenvalue weighted by Crippen LogP contribution is 2.46. The molecule has 0 saturated carbocycles. The fraction of sp³-hybridized carbons (Fsp3) is 0.889. The molecule has 0 aromatic carbocycles. The van der Waals surface area contributed by atoms with Gasteiger partial charge in [-0.05, 0) is 29.1 Å². The largest absolute Gasteiger partial charge is 0.103 e. The van der Waals surface area contributed by atoms with Gasteiger partial charge >= 0.3 is 0 Å². The molecule has 0 aliphatic carbocycles. The minimum absolute atomic E-state index is 0.266. The Kier molecular flexibility index (Phi) is 7.25. The van der Waals surface area contributed by atoms with Gasteiger partial charge in [0, 0.05) is 0 Å². The summed E-state index contributed by atoms with van der Waals surface area (Å²) in [5, 5.41) is 0. The molecular weight excluding hydrogens is 216 g/mol. The topological polar surface area (TPSA) is 0 Å². The van der Waals surface area contributed by atoms with Crippen LogP contribution in [0.2, 0.25) is 0 Å². The van der Waals surface area contributed by atoms with Crippen LogP contribution in [-0.2, 0) is 0 Å². The van der Waals surface area contributed by atoms with Crippen LogP contribution in [0.3, 0.4) is 0 Å². The molecule has 2 atom stereocenters. The van der Waals surface area contributed by atoms with Gasteiger partial charge in [-0.25, -0.2) is 0 Å². The van der Waals surface area contributed by atoms with Crippen LogP contribution in [-0.4, -0.2) is 0 Å². The first kappa shape index (κ1) is 17.7. The van der Waals surface area contributed by atoms with E-state index in [9.17, 15) is 0 Å². The van der Waals surface area contributed by atoms with Gasteiger partial charge < -0.3 is 0 Å². The number of hydrogen-bond acceptors (Lipinski definition) is 0. The highest BCUT2D eigenvalue weighted by molar-refractivity contribution is 4.93. The van der Waals surface area contributed by atoms with Gasteiger partial charge in [0.05, 0.1) is 0 Å². The molecule has 0 nitrogen and oxygen atoms in total. The molecule has 2 unspecified atom stereocenters. The Hall–Kier alpha value is -0.260. The monoisotopic (exact) mass is 252 g/mol. The van der Waals surface area contributed by atoms with Crippen LogP contribution in [0, 0.1) is 22.7 Å². The van der Waals surface area contributed by atoms with Crippen LogP contribution in [0.4, 0.5) is 0 Å². The van der Waals surface area contributed by atoms with Crippen molar-refractivity contribution in [3.05, 3.63) is 12.7 Å². The van der Waals surface area contributed by atoms with Crippen molar-refractivity contribution in [3.63, 3.8) is 0 Å². The van der Waals surface area contributed by atoms with Crippen LogP contribution in [0.15, 0.2) is 12.7 Å². The SMILES string of the molecule is C=CC(C)(C)CC(CC)C(C)(C)C(CC)CCC. The zero-order valence-corrected chi connectivity index (χ0v) is 14.0. The molecule has 0 aromatic rings. The second-order valence-electron chi connectivity index (χ2n) is 7.22. The summed E-state index contributed by atoms with van der Waals surface area (Å²) in [4.78, 5) is 0. The third-order valence-electron chi connectivity index (χ3n) is 5.05. The molecule has 0 heterocycles. The number of allylic oxidation sites excluding steroid dienone is 1. The molecule has 0 amide bonds. The molecule has 108 valence electrons. The maximum Gasteiger partial charge on any atom is -0.0175 e. The summed E-state index contributed by atoms with van der Waals surface area (Å²) in [5.74, 6) is 1.65. The molecule has 0 aliphatic heterocycles. The molecule has 0 radical (unpaired) electrons. The van der Waals surface area contributed by atoms with Crippen molar-refractivity contribution in [3.8, 4) is 0 Å². The van der Waals surface area contributed by atoms with E-state index in [1.165, 1.54) is 32.1 Å². The summed E-state index contributed by atoms with van der Waals surface area (Å²) < 4.78 is 0. The lowest BCUT2D eigenvalue weighted by Gasteiger charge is -2.43. The quantitative estimate of drug-likeness (QED) is 0.413. The first-order valence-corrected chi connectivity index (χ1v) is 7.88. The molecule has 18 heavy (non-hydrogen) atoms. The van der Waals surface area contributed by atoms with E-state index in [0.29, 0.717) is 5.41 Å². The summed E-state index contributed by atoms with van der Waals surface area (Å²) in [7, 11) is 0. The van der Waals surface area contributed by atoms with E-state index in [4.69, 9.17) is 0 Å². The standard InChI is InChI=1S/C18H36/c1-9-13-15(10-2)18(7,8)16(11-3)14-17(5,6)12-4/h12,15-16H,4,9-11,13-14H2,1-3,5-8H3. The fourth-order valence-corrected chi connectivity index (χ4v) is 3.44. The van der Waals surface area contributed by atoms with Gasteiger partial charge in [-0.15, -0.1) is 6.58 Å². The molecule has 0 bridgehead atoms. The zero-order chi connectivity index (χ0) is 14.4. The number of rotatable bonds is 9. The van der Waals surface area contributed by atoms with Gasteiger partial charge in [0.15, 0.2) is 0 Å². The summed E-state index contributed by atoms with van der Waals surface area (Å²) >= 11 is 0. The lowest BCUT2D eigenvalue weighted by Crippen LogP contribution is -2.34. The molecule has 0 spiro atoms. The van der Waals surface area contributed by atoms with E-state index in [-0.39, 0.29) is 5.41 Å². The molecule has 0 saturated heterocycles. The number of hydrogen-bond donors (Lipinski definition) is 0. The maximum atomic E-state index is 4.00. The molecule has 0 rings (SSSR count). The predicted octanol–water partition coefficient (Wildman–Crippen LogP) is 6.47. The normalized spacial score (nSPS) is 16.4. The van der Waals surface area contributed by atoms with E-state index in [1.807, 2.05) is 0 Å². The maximum absolute atomic E-state index is 4.00. The van der Waals surface area contributed by atoms with Gasteiger partial charge in [-0.2, -0.15) is 0 Å². The highest BCUT2D eigenvalue weighted by Gasteiger charge is 2.36. The van der Waals surface area contributed by atoms with Gasteiger partial charge in [0.1, 0.15) is 0 Å². The van der Waals surface area contributed by atoms with Crippen LogP contribution >= 0.6 is 0 Å². The predicted molar refractivity (Wildman–Crippen MR) is 84.8 cm³/mol. The van der Waals surface area contributed by atoms with Crippen LogP contribution < -0.4 is 0 Å². The first-order chi connectivity index (χ1) is 8.25.